The molecule has 1 aliphatic heterocycles. The van der Waals surface area contributed by atoms with Crippen molar-refractivity contribution in [3.05, 3.63) is 4.91 Å². The van der Waals surface area contributed by atoms with Crippen molar-refractivity contribution < 1.29 is 4.74 Å². The SMILES string of the molecule is O=NN(CC1CCCCC1)N1CCOCC1. The number of nitrogens with zero attached hydrogens (tertiary/aromatic N) is 3. The lowest BCUT2D eigenvalue weighted by Gasteiger charge is -2.35. The maximum absolute atomic E-state index is 10.9. The lowest BCUT2D eigenvalue weighted by molar-refractivity contribution is -0.0989. The molecule has 1 saturated carbocycles. The monoisotopic (exact) mass is 227 g/mol. The molecule has 1 aliphatic carbocycles. The summed E-state index contributed by atoms with van der Waals surface area (Å²) in [7, 11) is 0. The molecule has 2 fully saturated rings. The molecule has 2 rings (SSSR count). The zero-order valence-corrected chi connectivity index (χ0v) is 9.81. The van der Waals surface area contributed by atoms with Gasteiger partial charge in [-0.2, -0.15) is 10.1 Å². The number of nitroso groups, excluding NO2 is 1. The Balaban J connectivity index is 1.81. The molecule has 0 spiro atoms. The molecule has 0 bridgehead atoms. The maximum Gasteiger partial charge on any atom is 0.0686 e. The molecule has 2 aliphatic rings. The van der Waals surface area contributed by atoms with Crippen LogP contribution in [0.25, 0.3) is 0 Å². The first kappa shape index (κ1) is 11.8. The van der Waals surface area contributed by atoms with Crippen LogP contribution in [0.2, 0.25) is 0 Å². The Morgan fingerprint density at radius 1 is 1.19 bits per heavy atom. The fourth-order valence-corrected chi connectivity index (χ4v) is 2.59. The summed E-state index contributed by atoms with van der Waals surface area (Å²) in [5.41, 5.74) is 0. The van der Waals surface area contributed by atoms with Gasteiger partial charge in [-0.15, -0.1) is 4.91 Å². The smallest absolute Gasteiger partial charge is 0.0686 e. The minimum atomic E-state index is 0.647. The van der Waals surface area contributed by atoms with Gasteiger partial charge in [0.25, 0.3) is 0 Å². The molecule has 0 unspecified atom stereocenters. The van der Waals surface area contributed by atoms with Crippen LogP contribution in [0.15, 0.2) is 5.29 Å². The Bertz CT molecular complexity index is 213. The van der Waals surface area contributed by atoms with E-state index in [2.05, 4.69) is 5.29 Å². The molecule has 0 atom stereocenters. The zero-order valence-electron chi connectivity index (χ0n) is 9.81. The average molecular weight is 227 g/mol. The first-order chi connectivity index (χ1) is 7.90. The summed E-state index contributed by atoms with van der Waals surface area (Å²) in [5, 5.41) is 6.80. The summed E-state index contributed by atoms with van der Waals surface area (Å²) in [4.78, 5) is 10.9. The van der Waals surface area contributed by atoms with Gasteiger partial charge in [0.15, 0.2) is 0 Å². The first-order valence-corrected chi connectivity index (χ1v) is 6.33. The predicted octanol–water partition coefficient (Wildman–Crippen LogP) is 1.80. The maximum atomic E-state index is 10.9. The molecule has 0 amide bonds. The van der Waals surface area contributed by atoms with E-state index in [0.29, 0.717) is 19.1 Å². The van der Waals surface area contributed by atoms with Gasteiger partial charge >= 0.3 is 0 Å². The Hall–Kier alpha value is -0.680. The molecule has 0 aromatic carbocycles. The van der Waals surface area contributed by atoms with Crippen LogP contribution in [0.1, 0.15) is 32.1 Å². The van der Waals surface area contributed by atoms with Crippen molar-refractivity contribution in [3.63, 3.8) is 0 Å². The highest BCUT2D eigenvalue weighted by atomic mass is 16.5. The average Bonchev–Trinajstić information content (AvgIpc) is 2.38. The summed E-state index contributed by atoms with van der Waals surface area (Å²) in [6.45, 7) is 3.79. The van der Waals surface area contributed by atoms with E-state index in [1.165, 1.54) is 32.1 Å². The number of hydrogen-bond acceptors (Lipinski definition) is 4. The van der Waals surface area contributed by atoms with Crippen LogP contribution in [-0.2, 0) is 4.74 Å². The van der Waals surface area contributed by atoms with Crippen LogP contribution >= 0.6 is 0 Å². The van der Waals surface area contributed by atoms with E-state index in [0.717, 1.165) is 19.6 Å². The number of ether oxygens (including phenoxy) is 1. The number of rotatable bonds is 4. The molecule has 16 heavy (non-hydrogen) atoms. The minimum Gasteiger partial charge on any atom is -0.379 e. The van der Waals surface area contributed by atoms with E-state index in [1.807, 2.05) is 5.01 Å². The molecule has 0 radical (unpaired) electrons. The molecule has 0 aromatic rings. The second-order valence-electron chi connectivity index (χ2n) is 4.71. The van der Waals surface area contributed by atoms with Gasteiger partial charge in [0.1, 0.15) is 0 Å². The third-order valence-electron chi connectivity index (χ3n) is 3.55. The molecule has 1 heterocycles. The molecule has 0 aromatic heterocycles. The molecular weight excluding hydrogens is 206 g/mol. The molecule has 1 saturated heterocycles. The van der Waals surface area contributed by atoms with E-state index >= 15 is 0 Å². The fourth-order valence-electron chi connectivity index (χ4n) is 2.59. The van der Waals surface area contributed by atoms with Crippen LogP contribution in [0.5, 0.6) is 0 Å². The molecule has 5 nitrogen and oxygen atoms in total. The quantitative estimate of drug-likeness (QED) is 0.542. The highest BCUT2D eigenvalue weighted by Crippen LogP contribution is 2.25. The highest BCUT2D eigenvalue weighted by molar-refractivity contribution is 4.69. The van der Waals surface area contributed by atoms with Gasteiger partial charge in [-0.1, -0.05) is 19.3 Å². The predicted molar refractivity (Wildman–Crippen MR) is 61.5 cm³/mol. The van der Waals surface area contributed by atoms with Gasteiger partial charge in [-0.05, 0) is 18.8 Å². The van der Waals surface area contributed by atoms with Crippen LogP contribution in [0, 0.1) is 10.8 Å². The van der Waals surface area contributed by atoms with Crippen LogP contribution in [0.4, 0.5) is 0 Å². The number of hydrazine groups is 1. The highest BCUT2D eigenvalue weighted by Gasteiger charge is 2.23. The number of hydrogen-bond donors (Lipinski definition) is 0. The van der Waals surface area contributed by atoms with Crippen molar-refractivity contribution in [2.75, 3.05) is 32.8 Å². The summed E-state index contributed by atoms with van der Waals surface area (Å²) in [5.74, 6) is 0.647. The molecule has 92 valence electrons. The van der Waals surface area contributed by atoms with Crippen LogP contribution < -0.4 is 0 Å². The Kier molecular flexibility index (Phi) is 4.54. The van der Waals surface area contributed by atoms with Crippen molar-refractivity contribution in [2.24, 2.45) is 11.2 Å². The molecule has 5 heteroatoms. The second-order valence-corrected chi connectivity index (χ2v) is 4.71. The lowest BCUT2D eigenvalue weighted by atomic mass is 9.89. The topological polar surface area (TPSA) is 45.1 Å². The third kappa shape index (κ3) is 3.15. The summed E-state index contributed by atoms with van der Waals surface area (Å²) >= 11 is 0. The van der Waals surface area contributed by atoms with Crippen LogP contribution in [0.3, 0.4) is 0 Å². The molecule has 0 N–H and O–H groups in total. The Morgan fingerprint density at radius 2 is 1.88 bits per heavy atom. The molecular formula is C11H21N3O2. The minimum absolute atomic E-state index is 0.647. The van der Waals surface area contributed by atoms with Gasteiger partial charge in [0, 0.05) is 13.1 Å². The van der Waals surface area contributed by atoms with Crippen molar-refractivity contribution in [3.8, 4) is 0 Å². The van der Waals surface area contributed by atoms with Gasteiger partial charge in [-0.25, -0.2) is 0 Å². The fraction of sp³-hybridized carbons (Fsp3) is 1.00. The van der Waals surface area contributed by atoms with E-state index in [4.69, 9.17) is 4.74 Å². The van der Waals surface area contributed by atoms with Gasteiger partial charge in [0.2, 0.25) is 0 Å². The summed E-state index contributed by atoms with van der Waals surface area (Å²) in [6, 6.07) is 0. The van der Waals surface area contributed by atoms with Crippen molar-refractivity contribution >= 4 is 0 Å². The van der Waals surface area contributed by atoms with Gasteiger partial charge < -0.3 is 4.74 Å². The van der Waals surface area contributed by atoms with E-state index in [9.17, 15) is 4.91 Å². The zero-order chi connectivity index (χ0) is 11.2. The second kappa shape index (κ2) is 6.15. The first-order valence-electron chi connectivity index (χ1n) is 6.33. The third-order valence-corrected chi connectivity index (χ3v) is 3.55. The Morgan fingerprint density at radius 3 is 2.50 bits per heavy atom. The van der Waals surface area contributed by atoms with Crippen molar-refractivity contribution in [1.82, 2.24) is 10.1 Å². The standard InChI is InChI=1S/C11H21N3O2/c15-12-14(13-6-8-16-9-7-13)10-11-4-2-1-3-5-11/h11H,1-10H2. The Labute approximate surface area is 96.6 Å². The van der Waals surface area contributed by atoms with E-state index in [1.54, 1.807) is 5.12 Å². The van der Waals surface area contributed by atoms with Crippen molar-refractivity contribution in [1.29, 1.82) is 0 Å². The summed E-state index contributed by atoms with van der Waals surface area (Å²) < 4.78 is 5.27. The van der Waals surface area contributed by atoms with E-state index in [-0.39, 0.29) is 0 Å². The number of morpholine rings is 1. The van der Waals surface area contributed by atoms with Crippen LogP contribution in [-0.4, -0.2) is 43.0 Å². The normalized spacial score (nSPS) is 24.2. The lowest BCUT2D eigenvalue weighted by Crippen LogP contribution is -2.47. The van der Waals surface area contributed by atoms with Gasteiger partial charge in [-0.3, -0.25) is 0 Å². The van der Waals surface area contributed by atoms with E-state index < -0.39 is 0 Å². The summed E-state index contributed by atoms with van der Waals surface area (Å²) in [6.07, 6.45) is 6.45. The van der Waals surface area contributed by atoms with Gasteiger partial charge in [0.05, 0.1) is 25.0 Å². The van der Waals surface area contributed by atoms with Crippen molar-refractivity contribution in [2.45, 2.75) is 32.1 Å². The largest absolute Gasteiger partial charge is 0.379 e.